The van der Waals surface area contributed by atoms with Gasteiger partial charge in [0.2, 0.25) is 0 Å². The number of aromatic nitrogens is 1. The zero-order valence-corrected chi connectivity index (χ0v) is 15.2. The van der Waals surface area contributed by atoms with E-state index in [1.165, 1.54) is 15.4 Å². The van der Waals surface area contributed by atoms with Gasteiger partial charge in [0, 0.05) is 37.6 Å². The smallest absolute Gasteiger partial charge is 0.190 e. The maximum Gasteiger partial charge on any atom is 0.190 e. The molecule has 0 aliphatic heterocycles. The van der Waals surface area contributed by atoms with Crippen molar-refractivity contribution in [1.29, 1.82) is 0 Å². The van der Waals surface area contributed by atoms with E-state index in [0.717, 1.165) is 44.7 Å². The Hall–Kier alpha value is -2.08. The number of benzene rings is 1. The summed E-state index contributed by atoms with van der Waals surface area (Å²) in [6.45, 7) is 3.84. The molecule has 0 radical (unpaired) electrons. The van der Waals surface area contributed by atoms with Crippen molar-refractivity contribution < 1.29 is 5.11 Å². The standard InChI is InChI=1S/C18H26N4OS/c1-3-16-13-22-17(24-16)10-12-21-18(19-2)20-11-4-5-14-6-8-15(23)9-7-14/h6-9,13,23H,3-5,10-12H2,1-2H3,(H2,19,20,21). The third-order valence-corrected chi connectivity index (χ3v) is 4.88. The van der Waals surface area contributed by atoms with Crippen LogP contribution in [-0.4, -0.2) is 36.2 Å². The summed E-state index contributed by atoms with van der Waals surface area (Å²) in [5, 5.41) is 17.1. The first-order chi connectivity index (χ1) is 11.7. The Morgan fingerprint density at radius 1 is 1.17 bits per heavy atom. The second-order valence-electron chi connectivity index (χ2n) is 5.52. The predicted octanol–water partition coefficient (Wildman–Crippen LogP) is 2.75. The Morgan fingerprint density at radius 2 is 1.92 bits per heavy atom. The van der Waals surface area contributed by atoms with Crippen molar-refractivity contribution in [3.8, 4) is 5.75 Å². The molecular weight excluding hydrogens is 320 g/mol. The summed E-state index contributed by atoms with van der Waals surface area (Å²) >= 11 is 1.78. The summed E-state index contributed by atoms with van der Waals surface area (Å²) in [4.78, 5) is 10.0. The minimum absolute atomic E-state index is 0.313. The van der Waals surface area contributed by atoms with E-state index in [-0.39, 0.29) is 0 Å². The zero-order valence-electron chi connectivity index (χ0n) is 14.4. The van der Waals surface area contributed by atoms with Gasteiger partial charge >= 0.3 is 0 Å². The number of phenolic OH excluding ortho intramolecular Hbond substituents is 1. The molecule has 5 nitrogen and oxygen atoms in total. The molecule has 0 amide bonds. The Labute approximate surface area is 147 Å². The molecule has 2 aromatic rings. The van der Waals surface area contributed by atoms with E-state index in [0.29, 0.717) is 5.75 Å². The van der Waals surface area contributed by atoms with Gasteiger partial charge in [-0.2, -0.15) is 0 Å². The molecule has 1 aromatic heterocycles. The van der Waals surface area contributed by atoms with Crippen LogP contribution in [0.5, 0.6) is 5.75 Å². The summed E-state index contributed by atoms with van der Waals surface area (Å²) in [5.74, 6) is 1.14. The predicted molar refractivity (Wildman–Crippen MR) is 101 cm³/mol. The highest BCUT2D eigenvalue weighted by atomic mass is 32.1. The van der Waals surface area contributed by atoms with E-state index in [4.69, 9.17) is 0 Å². The highest BCUT2D eigenvalue weighted by molar-refractivity contribution is 7.11. The van der Waals surface area contributed by atoms with Gasteiger partial charge in [-0.1, -0.05) is 19.1 Å². The number of hydrogen-bond donors (Lipinski definition) is 3. The number of thiazole rings is 1. The van der Waals surface area contributed by atoms with Crippen molar-refractivity contribution >= 4 is 17.3 Å². The summed E-state index contributed by atoms with van der Waals surface area (Å²) in [5.41, 5.74) is 1.23. The highest BCUT2D eigenvalue weighted by Gasteiger charge is 2.02. The molecule has 3 N–H and O–H groups in total. The summed E-state index contributed by atoms with van der Waals surface area (Å²) in [6.07, 6.45) is 5.92. The third-order valence-electron chi connectivity index (χ3n) is 3.68. The average molecular weight is 346 g/mol. The van der Waals surface area contributed by atoms with Gasteiger partial charge in [0.25, 0.3) is 0 Å². The van der Waals surface area contributed by atoms with Crippen molar-refractivity contribution in [1.82, 2.24) is 15.6 Å². The number of aryl methyl sites for hydroxylation is 2. The van der Waals surface area contributed by atoms with E-state index >= 15 is 0 Å². The van der Waals surface area contributed by atoms with Crippen LogP contribution < -0.4 is 10.6 Å². The topological polar surface area (TPSA) is 69.5 Å². The zero-order chi connectivity index (χ0) is 17.2. The first kappa shape index (κ1) is 18.3. The Kier molecular flexibility index (Phi) is 7.55. The molecule has 0 aliphatic carbocycles. The van der Waals surface area contributed by atoms with Gasteiger partial charge in [0.05, 0.1) is 5.01 Å². The molecule has 2 rings (SSSR count). The highest BCUT2D eigenvalue weighted by Crippen LogP contribution is 2.13. The number of guanidine groups is 1. The van der Waals surface area contributed by atoms with Crippen LogP contribution in [0.2, 0.25) is 0 Å². The normalized spacial score (nSPS) is 11.5. The lowest BCUT2D eigenvalue weighted by atomic mass is 10.1. The molecular formula is C18H26N4OS. The largest absolute Gasteiger partial charge is 0.508 e. The second-order valence-corrected chi connectivity index (χ2v) is 6.72. The molecule has 0 unspecified atom stereocenters. The van der Waals surface area contributed by atoms with Crippen LogP contribution in [0.15, 0.2) is 35.5 Å². The van der Waals surface area contributed by atoms with Crippen molar-refractivity contribution in [2.24, 2.45) is 4.99 Å². The first-order valence-corrected chi connectivity index (χ1v) is 9.19. The maximum absolute atomic E-state index is 9.27. The quantitative estimate of drug-likeness (QED) is 0.390. The van der Waals surface area contributed by atoms with Gasteiger partial charge in [-0.15, -0.1) is 11.3 Å². The van der Waals surface area contributed by atoms with Crippen LogP contribution in [0.3, 0.4) is 0 Å². The lowest BCUT2D eigenvalue weighted by molar-refractivity contribution is 0.475. The lowest BCUT2D eigenvalue weighted by Crippen LogP contribution is -2.38. The second kappa shape index (κ2) is 9.93. The molecule has 0 saturated heterocycles. The van der Waals surface area contributed by atoms with Crippen LogP contribution in [0, 0.1) is 0 Å². The fourth-order valence-electron chi connectivity index (χ4n) is 2.30. The fraction of sp³-hybridized carbons (Fsp3) is 0.444. The monoisotopic (exact) mass is 346 g/mol. The molecule has 0 saturated carbocycles. The molecule has 0 fully saturated rings. The van der Waals surface area contributed by atoms with Crippen LogP contribution in [0.4, 0.5) is 0 Å². The van der Waals surface area contributed by atoms with E-state index in [1.54, 1.807) is 30.5 Å². The molecule has 0 atom stereocenters. The molecule has 6 heteroatoms. The van der Waals surface area contributed by atoms with E-state index < -0.39 is 0 Å². The van der Waals surface area contributed by atoms with E-state index in [2.05, 4.69) is 27.5 Å². The van der Waals surface area contributed by atoms with Crippen molar-refractivity contribution in [2.75, 3.05) is 20.1 Å². The molecule has 1 heterocycles. The van der Waals surface area contributed by atoms with Gasteiger partial charge in [0.1, 0.15) is 5.75 Å². The van der Waals surface area contributed by atoms with Gasteiger partial charge in [-0.25, -0.2) is 4.98 Å². The molecule has 0 spiro atoms. The van der Waals surface area contributed by atoms with Crippen molar-refractivity contribution in [3.05, 3.63) is 45.9 Å². The molecule has 0 bridgehead atoms. The SMILES string of the molecule is CCc1cnc(CCNC(=NC)NCCCc2ccc(O)cc2)s1. The Balaban J connectivity index is 1.62. The number of aromatic hydroxyl groups is 1. The summed E-state index contributed by atoms with van der Waals surface area (Å²) in [6, 6.07) is 7.37. The molecule has 1 aromatic carbocycles. The van der Waals surface area contributed by atoms with Gasteiger partial charge in [-0.3, -0.25) is 4.99 Å². The minimum Gasteiger partial charge on any atom is -0.508 e. The molecule has 0 aliphatic rings. The Morgan fingerprint density at radius 3 is 2.58 bits per heavy atom. The van der Waals surface area contributed by atoms with Crippen LogP contribution in [0.1, 0.15) is 28.8 Å². The fourth-order valence-corrected chi connectivity index (χ4v) is 3.16. The summed E-state index contributed by atoms with van der Waals surface area (Å²) < 4.78 is 0. The van der Waals surface area contributed by atoms with Gasteiger partial charge in [0.15, 0.2) is 5.96 Å². The van der Waals surface area contributed by atoms with Gasteiger partial charge in [-0.05, 0) is 37.0 Å². The van der Waals surface area contributed by atoms with E-state index in [9.17, 15) is 5.11 Å². The number of aliphatic imine (C=N–C) groups is 1. The van der Waals surface area contributed by atoms with Gasteiger partial charge < -0.3 is 15.7 Å². The lowest BCUT2D eigenvalue weighted by Gasteiger charge is -2.11. The Bertz CT molecular complexity index is 637. The van der Waals surface area contributed by atoms with Crippen molar-refractivity contribution in [2.45, 2.75) is 32.6 Å². The number of nitrogens with one attached hydrogen (secondary N) is 2. The average Bonchev–Trinajstić information content (AvgIpc) is 3.06. The summed E-state index contributed by atoms with van der Waals surface area (Å²) in [7, 11) is 1.79. The minimum atomic E-state index is 0.313. The van der Waals surface area contributed by atoms with Crippen molar-refractivity contribution in [3.63, 3.8) is 0 Å². The number of phenols is 1. The molecule has 130 valence electrons. The number of hydrogen-bond acceptors (Lipinski definition) is 4. The number of nitrogens with zero attached hydrogens (tertiary/aromatic N) is 2. The third kappa shape index (κ3) is 6.20. The van der Waals surface area contributed by atoms with Crippen LogP contribution in [0.25, 0.3) is 0 Å². The molecule has 24 heavy (non-hydrogen) atoms. The van der Waals surface area contributed by atoms with Crippen LogP contribution in [-0.2, 0) is 19.3 Å². The maximum atomic E-state index is 9.27. The van der Waals surface area contributed by atoms with E-state index in [1.807, 2.05) is 18.3 Å². The van der Waals surface area contributed by atoms with Crippen LogP contribution >= 0.6 is 11.3 Å². The number of rotatable bonds is 8. The first-order valence-electron chi connectivity index (χ1n) is 8.37.